The lowest BCUT2D eigenvalue weighted by atomic mass is 10.2. The standard InChI is InChI=1S/C6H13NOS/c1-5-3-6(4-9-5)7-8-2/h5-7H,3-4H2,1-2H3. The van der Waals surface area contributed by atoms with E-state index in [0.29, 0.717) is 6.04 Å². The summed E-state index contributed by atoms with van der Waals surface area (Å²) >= 11 is 2.00. The third-order valence-electron chi connectivity index (χ3n) is 1.48. The van der Waals surface area contributed by atoms with Crippen LogP contribution in [-0.2, 0) is 4.84 Å². The maximum Gasteiger partial charge on any atom is 0.0572 e. The van der Waals surface area contributed by atoms with Crippen LogP contribution in [0.2, 0.25) is 0 Å². The second-order valence-corrected chi connectivity index (χ2v) is 3.87. The first-order valence-corrected chi connectivity index (χ1v) is 4.28. The molecule has 1 aliphatic heterocycles. The lowest BCUT2D eigenvalue weighted by Crippen LogP contribution is -2.27. The molecule has 2 nitrogen and oxygen atoms in total. The van der Waals surface area contributed by atoms with Crippen molar-refractivity contribution >= 4 is 11.8 Å². The number of thioether (sulfide) groups is 1. The van der Waals surface area contributed by atoms with Gasteiger partial charge in [0.15, 0.2) is 0 Å². The summed E-state index contributed by atoms with van der Waals surface area (Å²) in [7, 11) is 1.67. The van der Waals surface area contributed by atoms with Crippen molar-refractivity contribution in [2.75, 3.05) is 12.9 Å². The smallest absolute Gasteiger partial charge is 0.0572 e. The van der Waals surface area contributed by atoms with Gasteiger partial charge in [-0.1, -0.05) is 6.92 Å². The highest BCUT2D eigenvalue weighted by Crippen LogP contribution is 2.25. The first kappa shape index (κ1) is 7.38. The summed E-state index contributed by atoms with van der Waals surface area (Å²) in [6.07, 6.45) is 1.23. The maximum absolute atomic E-state index is 4.81. The van der Waals surface area contributed by atoms with E-state index in [9.17, 15) is 0 Å². The third kappa shape index (κ3) is 2.16. The number of hydroxylamine groups is 1. The first-order chi connectivity index (χ1) is 4.33. The molecule has 1 fully saturated rings. The highest BCUT2D eigenvalue weighted by atomic mass is 32.2. The van der Waals surface area contributed by atoms with Crippen LogP contribution in [0.15, 0.2) is 0 Å². The van der Waals surface area contributed by atoms with E-state index in [1.54, 1.807) is 7.11 Å². The normalized spacial score (nSPS) is 35.3. The van der Waals surface area contributed by atoms with Crippen molar-refractivity contribution in [3.63, 3.8) is 0 Å². The van der Waals surface area contributed by atoms with Gasteiger partial charge in [0.25, 0.3) is 0 Å². The molecule has 0 aromatic carbocycles. The summed E-state index contributed by atoms with van der Waals surface area (Å²) in [5, 5.41) is 0.803. The van der Waals surface area contributed by atoms with Crippen LogP contribution in [0.4, 0.5) is 0 Å². The van der Waals surface area contributed by atoms with Crippen LogP contribution < -0.4 is 5.48 Å². The van der Waals surface area contributed by atoms with Crippen molar-refractivity contribution in [1.82, 2.24) is 5.48 Å². The zero-order valence-electron chi connectivity index (χ0n) is 5.89. The Hall–Kier alpha value is 0.270. The van der Waals surface area contributed by atoms with E-state index in [1.807, 2.05) is 11.8 Å². The van der Waals surface area contributed by atoms with Crippen LogP contribution in [0.3, 0.4) is 0 Å². The predicted octanol–water partition coefficient (Wildman–Crippen LogP) is 1.03. The van der Waals surface area contributed by atoms with E-state index >= 15 is 0 Å². The third-order valence-corrected chi connectivity index (χ3v) is 2.84. The zero-order valence-corrected chi connectivity index (χ0v) is 6.70. The number of rotatable bonds is 2. The van der Waals surface area contributed by atoms with Crippen molar-refractivity contribution < 1.29 is 4.84 Å². The van der Waals surface area contributed by atoms with Gasteiger partial charge >= 0.3 is 0 Å². The molecule has 1 rings (SSSR count). The van der Waals surface area contributed by atoms with Gasteiger partial charge in [0.05, 0.1) is 7.11 Å². The Kier molecular flexibility index (Phi) is 2.82. The lowest BCUT2D eigenvalue weighted by Gasteiger charge is -2.07. The molecule has 0 aromatic rings. The Bertz CT molecular complexity index is 87.1. The van der Waals surface area contributed by atoms with E-state index < -0.39 is 0 Å². The maximum atomic E-state index is 4.81. The Morgan fingerprint density at radius 3 is 2.89 bits per heavy atom. The molecule has 1 saturated heterocycles. The summed E-state index contributed by atoms with van der Waals surface area (Å²) in [4.78, 5) is 4.81. The fourth-order valence-electron chi connectivity index (χ4n) is 1.07. The minimum Gasteiger partial charge on any atom is -0.305 e. The largest absolute Gasteiger partial charge is 0.305 e. The molecule has 1 N–H and O–H groups in total. The Morgan fingerprint density at radius 2 is 2.44 bits per heavy atom. The van der Waals surface area contributed by atoms with Crippen molar-refractivity contribution in [1.29, 1.82) is 0 Å². The van der Waals surface area contributed by atoms with Crippen LogP contribution in [0.25, 0.3) is 0 Å². The quantitative estimate of drug-likeness (QED) is 0.589. The van der Waals surface area contributed by atoms with E-state index in [2.05, 4.69) is 12.4 Å². The van der Waals surface area contributed by atoms with Gasteiger partial charge in [-0.2, -0.15) is 17.2 Å². The Morgan fingerprint density at radius 1 is 1.67 bits per heavy atom. The molecule has 0 aromatic heterocycles. The minimum atomic E-state index is 0.579. The van der Waals surface area contributed by atoms with E-state index in [0.717, 1.165) is 5.25 Å². The second kappa shape index (κ2) is 3.44. The zero-order chi connectivity index (χ0) is 6.69. The minimum absolute atomic E-state index is 0.579. The molecular formula is C6H13NOS. The van der Waals surface area contributed by atoms with Crippen LogP contribution >= 0.6 is 11.8 Å². The van der Waals surface area contributed by atoms with Gasteiger partial charge in [0.1, 0.15) is 0 Å². The summed E-state index contributed by atoms with van der Waals surface area (Å²) in [5.74, 6) is 1.19. The summed E-state index contributed by atoms with van der Waals surface area (Å²) < 4.78 is 0. The average molecular weight is 147 g/mol. The van der Waals surface area contributed by atoms with Gasteiger partial charge in [-0.15, -0.1) is 0 Å². The van der Waals surface area contributed by atoms with Gasteiger partial charge in [-0.25, -0.2) is 0 Å². The number of hydrogen-bond donors (Lipinski definition) is 1. The molecule has 54 valence electrons. The van der Waals surface area contributed by atoms with Crippen LogP contribution in [0.1, 0.15) is 13.3 Å². The Labute approximate surface area is 60.3 Å². The summed E-state index contributed by atoms with van der Waals surface area (Å²) in [6.45, 7) is 2.25. The molecule has 9 heavy (non-hydrogen) atoms. The molecule has 0 saturated carbocycles. The molecule has 1 aliphatic rings. The molecule has 3 heteroatoms. The van der Waals surface area contributed by atoms with Crippen LogP contribution in [0.5, 0.6) is 0 Å². The molecule has 0 amide bonds. The second-order valence-electron chi connectivity index (χ2n) is 2.40. The topological polar surface area (TPSA) is 21.3 Å². The van der Waals surface area contributed by atoms with Gasteiger partial charge < -0.3 is 4.84 Å². The monoisotopic (exact) mass is 147 g/mol. The van der Waals surface area contributed by atoms with E-state index in [-0.39, 0.29) is 0 Å². The van der Waals surface area contributed by atoms with Crippen LogP contribution in [-0.4, -0.2) is 24.2 Å². The molecule has 2 unspecified atom stereocenters. The van der Waals surface area contributed by atoms with Crippen molar-refractivity contribution in [3.05, 3.63) is 0 Å². The molecule has 0 bridgehead atoms. The van der Waals surface area contributed by atoms with E-state index in [1.165, 1.54) is 12.2 Å². The highest BCUT2D eigenvalue weighted by molar-refractivity contribution is 8.00. The molecule has 0 spiro atoms. The fraction of sp³-hybridized carbons (Fsp3) is 1.00. The van der Waals surface area contributed by atoms with Crippen molar-refractivity contribution in [2.45, 2.75) is 24.6 Å². The number of hydrogen-bond acceptors (Lipinski definition) is 3. The molecule has 0 radical (unpaired) electrons. The highest BCUT2D eigenvalue weighted by Gasteiger charge is 2.20. The van der Waals surface area contributed by atoms with E-state index in [4.69, 9.17) is 4.84 Å². The van der Waals surface area contributed by atoms with Gasteiger partial charge in [-0.3, -0.25) is 0 Å². The van der Waals surface area contributed by atoms with Gasteiger partial charge in [0, 0.05) is 17.0 Å². The SMILES string of the molecule is CONC1CSC(C)C1. The van der Waals surface area contributed by atoms with Gasteiger partial charge in [-0.05, 0) is 6.42 Å². The van der Waals surface area contributed by atoms with Crippen LogP contribution in [0, 0.1) is 0 Å². The summed E-state index contributed by atoms with van der Waals surface area (Å²) in [5.41, 5.74) is 2.95. The average Bonchev–Trinajstić information content (AvgIpc) is 2.17. The predicted molar refractivity (Wildman–Crippen MR) is 40.5 cm³/mol. The summed E-state index contributed by atoms with van der Waals surface area (Å²) in [6, 6.07) is 0.579. The van der Waals surface area contributed by atoms with Gasteiger partial charge in [0.2, 0.25) is 0 Å². The molecule has 0 aliphatic carbocycles. The molecular weight excluding hydrogens is 134 g/mol. The molecule has 2 atom stereocenters. The number of nitrogens with one attached hydrogen (secondary N) is 1. The molecule has 1 heterocycles. The van der Waals surface area contributed by atoms with Crippen molar-refractivity contribution in [3.8, 4) is 0 Å². The lowest BCUT2D eigenvalue weighted by molar-refractivity contribution is 0.0670. The Balaban J connectivity index is 2.14. The fourth-order valence-corrected chi connectivity index (χ4v) is 2.20. The first-order valence-electron chi connectivity index (χ1n) is 3.23. The van der Waals surface area contributed by atoms with Crippen molar-refractivity contribution in [2.24, 2.45) is 0 Å².